The maximum Gasteiger partial charge on any atom is 0.477 e. The Morgan fingerprint density at radius 3 is 2.00 bits per heavy atom. The van der Waals surface area contributed by atoms with Gasteiger partial charge < -0.3 is 14.4 Å². The fourth-order valence-corrected chi connectivity index (χ4v) is 2.40. The summed E-state index contributed by atoms with van der Waals surface area (Å²) in [7, 11) is -0.778. The highest BCUT2D eigenvalue weighted by molar-refractivity contribution is 6.52. The molecule has 0 spiro atoms. The van der Waals surface area contributed by atoms with Crippen LogP contribution in [0, 0.1) is 0 Å². The predicted molar refractivity (Wildman–Crippen MR) is 82.3 cm³/mol. The third-order valence-electron chi connectivity index (χ3n) is 4.56. The lowest BCUT2D eigenvalue weighted by atomic mass is 9.68. The summed E-state index contributed by atoms with van der Waals surface area (Å²) in [6.07, 6.45) is 0.925. The lowest BCUT2D eigenvalue weighted by Gasteiger charge is -2.32. The molecule has 0 amide bonds. The summed E-state index contributed by atoms with van der Waals surface area (Å²) < 4.78 is 11.8. The number of benzene rings is 1. The van der Waals surface area contributed by atoms with Gasteiger partial charge in [0.2, 0.25) is 0 Å². The Bertz CT molecular complexity index is 506. The number of hydrogen-bond donors (Lipinski definition) is 1. The molecule has 1 aliphatic rings. The largest absolute Gasteiger partial charge is 0.481 e. The van der Waals surface area contributed by atoms with Crippen molar-refractivity contribution in [2.75, 3.05) is 0 Å². The fourth-order valence-electron chi connectivity index (χ4n) is 2.40. The molecule has 2 rings (SSSR count). The molecule has 5 heteroatoms. The van der Waals surface area contributed by atoms with E-state index in [0.717, 1.165) is 6.42 Å². The second kappa shape index (κ2) is 5.46. The first-order valence-electron chi connectivity index (χ1n) is 7.35. The zero-order chi connectivity index (χ0) is 15.8. The first kappa shape index (κ1) is 16.1. The van der Waals surface area contributed by atoms with Gasteiger partial charge in [-0.2, -0.15) is 0 Å². The van der Waals surface area contributed by atoms with Gasteiger partial charge in [-0.05, 0) is 45.2 Å². The Kier molecular flexibility index (Phi) is 4.18. The van der Waals surface area contributed by atoms with Gasteiger partial charge in [0.1, 0.15) is 5.82 Å². The molecule has 1 atom stereocenters. The summed E-state index contributed by atoms with van der Waals surface area (Å²) in [5, 5.41) is 9.59. The van der Waals surface area contributed by atoms with Crippen LogP contribution in [0.2, 0.25) is 0 Å². The van der Waals surface area contributed by atoms with E-state index in [9.17, 15) is 9.90 Å². The lowest BCUT2D eigenvalue weighted by molar-refractivity contribution is -0.137. The van der Waals surface area contributed by atoms with Crippen LogP contribution >= 0.6 is 0 Å². The smallest absolute Gasteiger partial charge is 0.477 e. The summed E-state index contributed by atoms with van der Waals surface area (Å²) >= 11 is 0. The normalized spacial score (nSPS) is 21.3. The van der Waals surface area contributed by atoms with Crippen LogP contribution in [0.25, 0.3) is 0 Å². The monoisotopic (exact) mass is 290 g/mol. The molecule has 1 fully saturated rings. The minimum absolute atomic E-state index is 0.533. The standard InChI is InChI=1S/C16H23BO4/c1-6-11-7-9-12(10-8-11)13(14(18)19)17-20-15(2,3)16(4,5)21-17/h7-10,13H,6H2,1-5H3,(H,18,19). The van der Waals surface area contributed by atoms with Gasteiger partial charge in [-0.3, -0.25) is 4.79 Å². The number of hydrogen-bond acceptors (Lipinski definition) is 3. The minimum atomic E-state index is -0.933. The molecule has 0 aromatic heterocycles. The van der Waals surface area contributed by atoms with E-state index >= 15 is 0 Å². The fraction of sp³-hybridized carbons (Fsp3) is 0.562. The third-order valence-corrected chi connectivity index (χ3v) is 4.56. The van der Waals surface area contributed by atoms with Crippen molar-refractivity contribution in [3.05, 3.63) is 35.4 Å². The average molecular weight is 290 g/mol. The van der Waals surface area contributed by atoms with Crippen molar-refractivity contribution in [3.8, 4) is 0 Å². The van der Waals surface area contributed by atoms with Crippen molar-refractivity contribution in [3.63, 3.8) is 0 Å². The first-order valence-corrected chi connectivity index (χ1v) is 7.35. The Balaban J connectivity index is 2.30. The van der Waals surface area contributed by atoms with E-state index in [4.69, 9.17) is 9.31 Å². The van der Waals surface area contributed by atoms with Crippen LogP contribution in [0.4, 0.5) is 0 Å². The Morgan fingerprint density at radius 1 is 1.14 bits per heavy atom. The molecule has 0 bridgehead atoms. The van der Waals surface area contributed by atoms with E-state index in [2.05, 4.69) is 6.92 Å². The van der Waals surface area contributed by atoms with E-state index in [1.54, 1.807) is 0 Å². The molecule has 1 aliphatic heterocycles. The average Bonchev–Trinajstić information content (AvgIpc) is 2.58. The lowest BCUT2D eigenvalue weighted by Crippen LogP contribution is -2.41. The van der Waals surface area contributed by atoms with Crippen LogP contribution < -0.4 is 0 Å². The molecule has 1 aromatic carbocycles. The van der Waals surface area contributed by atoms with E-state index in [1.807, 2.05) is 52.0 Å². The number of carbonyl (C=O) groups is 1. The molecular formula is C16H23BO4. The van der Waals surface area contributed by atoms with Crippen molar-refractivity contribution < 1.29 is 19.2 Å². The van der Waals surface area contributed by atoms with Crippen molar-refractivity contribution >= 4 is 13.1 Å². The van der Waals surface area contributed by atoms with Crippen molar-refractivity contribution in [1.29, 1.82) is 0 Å². The van der Waals surface area contributed by atoms with E-state index < -0.39 is 30.1 Å². The van der Waals surface area contributed by atoms with E-state index in [-0.39, 0.29) is 0 Å². The van der Waals surface area contributed by atoms with Crippen molar-refractivity contribution in [2.45, 2.75) is 58.1 Å². The van der Waals surface area contributed by atoms with Gasteiger partial charge in [-0.1, -0.05) is 31.2 Å². The quantitative estimate of drug-likeness (QED) is 0.866. The van der Waals surface area contributed by atoms with Gasteiger partial charge in [0.15, 0.2) is 0 Å². The van der Waals surface area contributed by atoms with Gasteiger partial charge in [-0.15, -0.1) is 0 Å². The third kappa shape index (κ3) is 2.99. The molecule has 4 nitrogen and oxygen atoms in total. The Labute approximate surface area is 126 Å². The Morgan fingerprint density at radius 2 is 1.62 bits per heavy atom. The van der Waals surface area contributed by atoms with Crippen LogP contribution in [0.1, 0.15) is 51.6 Å². The molecule has 0 radical (unpaired) electrons. The number of carboxylic acid groups (broad SMARTS) is 1. The predicted octanol–water partition coefficient (Wildman–Crippen LogP) is 3.05. The highest BCUT2D eigenvalue weighted by Crippen LogP contribution is 2.40. The van der Waals surface area contributed by atoms with Gasteiger partial charge >= 0.3 is 13.1 Å². The summed E-state index contributed by atoms with van der Waals surface area (Å²) in [6.45, 7) is 9.76. The first-order chi connectivity index (χ1) is 9.68. The van der Waals surface area contributed by atoms with Crippen LogP contribution in [-0.4, -0.2) is 29.4 Å². The summed E-state index contributed by atoms with van der Waals surface area (Å²) in [5.74, 6) is -1.75. The molecule has 114 valence electrons. The molecule has 0 aliphatic carbocycles. The highest BCUT2D eigenvalue weighted by Gasteiger charge is 2.55. The molecule has 1 aromatic rings. The van der Waals surface area contributed by atoms with E-state index in [0.29, 0.717) is 5.56 Å². The molecule has 0 saturated carbocycles. The van der Waals surface area contributed by atoms with Gasteiger partial charge in [-0.25, -0.2) is 0 Å². The van der Waals surface area contributed by atoms with Crippen LogP contribution in [0.3, 0.4) is 0 Å². The Hall–Kier alpha value is -1.33. The second-order valence-electron chi connectivity index (χ2n) is 6.54. The summed E-state index contributed by atoms with van der Waals surface area (Å²) in [5.41, 5.74) is 0.818. The zero-order valence-electron chi connectivity index (χ0n) is 13.3. The number of rotatable bonds is 4. The maximum absolute atomic E-state index is 11.7. The van der Waals surface area contributed by atoms with Gasteiger partial charge in [0, 0.05) is 0 Å². The van der Waals surface area contributed by atoms with Crippen molar-refractivity contribution in [1.82, 2.24) is 0 Å². The number of aryl methyl sites for hydroxylation is 1. The van der Waals surface area contributed by atoms with Gasteiger partial charge in [0.05, 0.1) is 11.2 Å². The van der Waals surface area contributed by atoms with Crippen LogP contribution in [0.5, 0.6) is 0 Å². The molecule has 1 N–H and O–H groups in total. The molecule has 21 heavy (non-hydrogen) atoms. The maximum atomic E-state index is 11.7. The molecule has 1 unspecified atom stereocenters. The molecular weight excluding hydrogens is 267 g/mol. The van der Waals surface area contributed by atoms with Crippen LogP contribution in [0.15, 0.2) is 24.3 Å². The van der Waals surface area contributed by atoms with Crippen LogP contribution in [-0.2, 0) is 20.5 Å². The summed E-state index contributed by atoms with van der Waals surface area (Å²) in [4.78, 5) is 11.7. The highest BCUT2D eigenvalue weighted by atomic mass is 16.7. The SMILES string of the molecule is CCc1ccc(C(B2OC(C)(C)C(C)(C)O2)C(=O)O)cc1. The second-order valence-corrected chi connectivity index (χ2v) is 6.54. The van der Waals surface area contributed by atoms with E-state index in [1.165, 1.54) is 5.56 Å². The minimum Gasteiger partial charge on any atom is -0.481 e. The number of carboxylic acids is 1. The molecule has 1 saturated heterocycles. The van der Waals surface area contributed by atoms with Crippen molar-refractivity contribution in [2.24, 2.45) is 0 Å². The zero-order valence-corrected chi connectivity index (χ0v) is 13.3. The molecule has 1 heterocycles. The number of aliphatic carboxylic acids is 1. The summed E-state index contributed by atoms with van der Waals surface area (Å²) in [6, 6.07) is 7.61. The topological polar surface area (TPSA) is 55.8 Å². The van der Waals surface area contributed by atoms with Gasteiger partial charge in [0.25, 0.3) is 0 Å².